The minimum atomic E-state index is -0.516. The van der Waals surface area contributed by atoms with Gasteiger partial charge in [-0.25, -0.2) is 8.78 Å². The average molecular weight is 323 g/mol. The van der Waals surface area contributed by atoms with Gasteiger partial charge in [0, 0.05) is 24.0 Å². The van der Waals surface area contributed by atoms with E-state index in [2.05, 4.69) is 9.55 Å². The van der Waals surface area contributed by atoms with Crippen molar-refractivity contribution < 1.29 is 8.78 Å². The summed E-state index contributed by atoms with van der Waals surface area (Å²) in [5, 5.41) is 0. The van der Waals surface area contributed by atoms with Gasteiger partial charge in [0.05, 0.1) is 0 Å². The van der Waals surface area contributed by atoms with Crippen molar-refractivity contribution in [2.45, 2.75) is 38.1 Å². The normalized spacial score (nSPS) is 17.5. The number of nitrogens with zero attached hydrogens (tertiary/aromatic N) is 1. The lowest BCUT2D eigenvalue weighted by Crippen LogP contribution is -2.21. The summed E-state index contributed by atoms with van der Waals surface area (Å²) in [6, 6.07) is 2.55. The minimum Gasteiger partial charge on any atom is -0.337 e. The van der Waals surface area contributed by atoms with Crippen LogP contribution in [0.25, 0.3) is 0 Å². The Kier molecular flexibility index (Phi) is 4.40. The van der Waals surface area contributed by atoms with Crippen molar-refractivity contribution >= 4 is 12.2 Å². The van der Waals surface area contributed by atoms with Gasteiger partial charge in [0.1, 0.15) is 11.6 Å². The number of fused-ring (bicyclic) bond motifs is 1. The zero-order chi connectivity index (χ0) is 15.7. The Morgan fingerprint density at radius 1 is 1.36 bits per heavy atom. The molecule has 118 valence electrons. The number of nitrogens with two attached hydrogens (primary N) is 1. The van der Waals surface area contributed by atoms with Gasteiger partial charge in [-0.1, -0.05) is 0 Å². The quantitative estimate of drug-likeness (QED) is 0.847. The van der Waals surface area contributed by atoms with Crippen molar-refractivity contribution in [3.05, 3.63) is 51.6 Å². The van der Waals surface area contributed by atoms with Gasteiger partial charge < -0.3 is 15.3 Å². The summed E-state index contributed by atoms with van der Waals surface area (Å²) >= 11 is 5.38. The van der Waals surface area contributed by atoms with Crippen molar-refractivity contribution in [2.75, 3.05) is 6.54 Å². The van der Waals surface area contributed by atoms with Crippen LogP contribution in [0.2, 0.25) is 0 Å². The van der Waals surface area contributed by atoms with Gasteiger partial charge in [0.15, 0.2) is 4.77 Å². The van der Waals surface area contributed by atoms with Crippen molar-refractivity contribution in [1.82, 2.24) is 9.55 Å². The molecule has 3 N–H and O–H groups in total. The summed E-state index contributed by atoms with van der Waals surface area (Å²) in [5.74, 6) is -0.951. The second-order valence-corrected chi connectivity index (χ2v) is 6.16. The first-order chi connectivity index (χ1) is 10.6. The minimum absolute atomic E-state index is 0.139. The van der Waals surface area contributed by atoms with Gasteiger partial charge in [-0.15, -0.1) is 0 Å². The van der Waals surface area contributed by atoms with E-state index >= 15 is 0 Å². The molecule has 0 bridgehead atoms. The number of hydrogen-bond acceptors (Lipinski definition) is 2. The molecule has 1 aliphatic carbocycles. The van der Waals surface area contributed by atoms with Crippen molar-refractivity contribution in [2.24, 2.45) is 5.73 Å². The number of imidazole rings is 1. The fourth-order valence-corrected chi connectivity index (χ4v) is 3.62. The first-order valence-corrected chi connectivity index (χ1v) is 7.96. The van der Waals surface area contributed by atoms with Gasteiger partial charge in [-0.3, -0.25) is 0 Å². The van der Waals surface area contributed by atoms with E-state index in [1.54, 1.807) is 0 Å². The van der Waals surface area contributed by atoms with E-state index in [1.165, 1.54) is 6.07 Å². The van der Waals surface area contributed by atoms with Crippen LogP contribution in [-0.2, 0) is 19.3 Å². The number of aromatic amines is 1. The third-order valence-electron chi connectivity index (χ3n) is 4.33. The van der Waals surface area contributed by atoms with E-state index in [1.807, 2.05) is 6.20 Å². The number of H-pyrrole nitrogens is 1. The van der Waals surface area contributed by atoms with Crippen LogP contribution in [0.1, 0.15) is 35.7 Å². The summed E-state index contributed by atoms with van der Waals surface area (Å²) in [4.78, 5) is 3.08. The molecule has 2 aromatic rings. The van der Waals surface area contributed by atoms with Crippen LogP contribution in [0.3, 0.4) is 0 Å². The lowest BCUT2D eigenvalue weighted by Gasteiger charge is -2.27. The summed E-state index contributed by atoms with van der Waals surface area (Å²) in [7, 11) is 0. The molecule has 3 rings (SSSR count). The fraction of sp³-hybridized carbons (Fsp3) is 0.438. The highest BCUT2D eigenvalue weighted by atomic mass is 32.1. The highest BCUT2D eigenvalue weighted by molar-refractivity contribution is 7.71. The van der Waals surface area contributed by atoms with Crippen LogP contribution in [0.15, 0.2) is 18.3 Å². The van der Waals surface area contributed by atoms with Crippen LogP contribution < -0.4 is 5.73 Å². The Morgan fingerprint density at radius 3 is 2.95 bits per heavy atom. The molecule has 1 aromatic heterocycles. The Bertz CT molecular complexity index is 735. The van der Waals surface area contributed by atoms with Crippen LogP contribution in [0.4, 0.5) is 8.78 Å². The third-order valence-corrected chi connectivity index (χ3v) is 4.64. The number of nitrogens with one attached hydrogen (secondary N) is 1. The standard InChI is InChI=1S/C16H19F2N3S/c17-11-6-10-7-12(3-4-14(10)15(18)8-11)21-13(2-1-5-19)9-20-16(21)22/h6,8-9,12H,1-5,7,19H2,(H,20,22)/t12-/m1/s1. The predicted octanol–water partition coefficient (Wildman–Crippen LogP) is 3.45. The van der Waals surface area contributed by atoms with Crippen LogP contribution in [-0.4, -0.2) is 16.1 Å². The summed E-state index contributed by atoms with van der Waals surface area (Å²) in [5.41, 5.74) is 8.08. The maximum Gasteiger partial charge on any atom is 0.177 e. The molecule has 0 fully saturated rings. The zero-order valence-electron chi connectivity index (χ0n) is 12.2. The highest BCUT2D eigenvalue weighted by Crippen LogP contribution is 2.32. The molecule has 0 saturated carbocycles. The Hall–Kier alpha value is -1.53. The molecule has 0 aliphatic heterocycles. The zero-order valence-corrected chi connectivity index (χ0v) is 13.1. The molecule has 22 heavy (non-hydrogen) atoms. The van der Waals surface area contributed by atoms with Crippen molar-refractivity contribution in [3.8, 4) is 0 Å². The van der Waals surface area contributed by atoms with Gasteiger partial charge in [0.2, 0.25) is 0 Å². The van der Waals surface area contributed by atoms with Crippen LogP contribution in [0.5, 0.6) is 0 Å². The van der Waals surface area contributed by atoms with Crippen LogP contribution >= 0.6 is 12.2 Å². The Balaban J connectivity index is 1.92. The van der Waals surface area contributed by atoms with E-state index in [9.17, 15) is 8.78 Å². The molecule has 1 heterocycles. The molecule has 0 spiro atoms. The number of aryl methyl sites for hydroxylation is 1. The first-order valence-electron chi connectivity index (χ1n) is 7.55. The maximum absolute atomic E-state index is 13.8. The molecule has 0 saturated heterocycles. The molecule has 1 aromatic carbocycles. The van der Waals surface area contributed by atoms with Gasteiger partial charge in [-0.05, 0) is 68.1 Å². The molecule has 3 nitrogen and oxygen atoms in total. The third kappa shape index (κ3) is 2.85. The molecule has 1 atom stereocenters. The van der Waals surface area contributed by atoms with Gasteiger partial charge in [-0.2, -0.15) is 0 Å². The molecular formula is C16H19F2N3S. The average Bonchev–Trinajstić information content (AvgIpc) is 2.85. The Labute approximate surface area is 133 Å². The molecule has 6 heteroatoms. The number of halogens is 2. The van der Waals surface area contributed by atoms with Crippen molar-refractivity contribution in [3.63, 3.8) is 0 Å². The second kappa shape index (κ2) is 6.30. The number of benzene rings is 1. The van der Waals surface area contributed by atoms with Gasteiger partial charge >= 0.3 is 0 Å². The van der Waals surface area contributed by atoms with E-state index in [-0.39, 0.29) is 6.04 Å². The van der Waals surface area contributed by atoms with Crippen molar-refractivity contribution in [1.29, 1.82) is 0 Å². The molecule has 1 aliphatic rings. The summed E-state index contributed by atoms with van der Waals surface area (Å²) in [6.07, 6.45) is 5.67. The van der Waals surface area contributed by atoms with E-state index in [0.29, 0.717) is 29.7 Å². The lowest BCUT2D eigenvalue weighted by atomic mass is 9.87. The number of hydrogen-bond donors (Lipinski definition) is 2. The monoisotopic (exact) mass is 323 g/mol. The SMILES string of the molecule is NCCCc1c[nH]c(=S)n1[C@@H]1CCc2c(F)cc(F)cc2C1. The molecule has 0 unspecified atom stereocenters. The molecular weight excluding hydrogens is 304 g/mol. The molecule has 0 amide bonds. The summed E-state index contributed by atoms with van der Waals surface area (Å²) < 4.78 is 30.1. The van der Waals surface area contributed by atoms with E-state index < -0.39 is 11.6 Å². The maximum atomic E-state index is 13.8. The largest absolute Gasteiger partial charge is 0.337 e. The van der Waals surface area contributed by atoms with E-state index in [4.69, 9.17) is 18.0 Å². The first kappa shape index (κ1) is 15.4. The smallest absolute Gasteiger partial charge is 0.177 e. The van der Waals surface area contributed by atoms with Gasteiger partial charge in [0.25, 0.3) is 0 Å². The molecule has 0 radical (unpaired) electrons. The lowest BCUT2D eigenvalue weighted by molar-refractivity contribution is 0.415. The number of aromatic nitrogens is 2. The topological polar surface area (TPSA) is 46.7 Å². The van der Waals surface area contributed by atoms with Crippen LogP contribution in [0, 0.1) is 16.4 Å². The number of rotatable bonds is 4. The fourth-order valence-electron chi connectivity index (χ4n) is 3.30. The summed E-state index contributed by atoms with van der Waals surface area (Å²) in [6.45, 7) is 0.627. The second-order valence-electron chi connectivity index (χ2n) is 5.77. The predicted molar refractivity (Wildman–Crippen MR) is 84.4 cm³/mol. The van der Waals surface area contributed by atoms with E-state index in [0.717, 1.165) is 36.6 Å². The highest BCUT2D eigenvalue weighted by Gasteiger charge is 2.25. The Morgan fingerprint density at radius 2 is 2.18 bits per heavy atom.